The van der Waals surface area contributed by atoms with Crippen LogP contribution in [0.1, 0.15) is 38.8 Å². The van der Waals surface area contributed by atoms with Gasteiger partial charge in [0.1, 0.15) is 0 Å². The van der Waals surface area contributed by atoms with Crippen molar-refractivity contribution in [3.8, 4) is 0 Å². The van der Waals surface area contributed by atoms with Crippen LogP contribution in [0, 0.1) is 5.92 Å². The van der Waals surface area contributed by atoms with Gasteiger partial charge in [0.15, 0.2) is 0 Å². The lowest BCUT2D eigenvalue weighted by Crippen LogP contribution is -2.40. The monoisotopic (exact) mass is 312 g/mol. The first-order chi connectivity index (χ1) is 8.45. The summed E-state index contributed by atoms with van der Waals surface area (Å²) in [6.45, 7) is 5.77. The van der Waals surface area contributed by atoms with Crippen molar-refractivity contribution >= 4 is 21.8 Å². The van der Waals surface area contributed by atoms with Crippen LogP contribution in [0.15, 0.2) is 28.7 Å². The molecule has 0 saturated heterocycles. The summed E-state index contributed by atoms with van der Waals surface area (Å²) in [4.78, 5) is 12.0. The van der Waals surface area contributed by atoms with Crippen LogP contribution in [0.2, 0.25) is 0 Å². The van der Waals surface area contributed by atoms with Gasteiger partial charge in [-0.1, -0.05) is 41.9 Å². The number of benzene rings is 1. The Kier molecular flexibility index (Phi) is 5.82. The van der Waals surface area contributed by atoms with Crippen molar-refractivity contribution in [3.05, 3.63) is 34.3 Å². The van der Waals surface area contributed by atoms with Crippen molar-refractivity contribution in [2.75, 3.05) is 0 Å². The fraction of sp³-hybridized carbons (Fsp3) is 0.500. The molecule has 4 heteroatoms. The largest absolute Gasteiger partial charge is 0.349 e. The summed E-state index contributed by atoms with van der Waals surface area (Å²) in [5.74, 6) is -0.158. The molecule has 1 rings (SSSR count). The summed E-state index contributed by atoms with van der Waals surface area (Å²) in [7, 11) is 0. The van der Waals surface area contributed by atoms with Gasteiger partial charge in [-0.05, 0) is 31.0 Å². The van der Waals surface area contributed by atoms with E-state index >= 15 is 0 Å². The van der Waals surface area contributed by atoms with Gasteiger partial charge in [-0.15, -0.1) is 0 Å². The number of nitrogens with two attached hydrogens (primary N) is 1. The van der Waals surface area contributed by atoms with Gasteiger partial charge in [0.25, 0.3) is 0 Å². The Labute approximate surface area is 117 Å². The molecule has 0 fully saturated rings. The van der Waals surface area contributed by atoms with Crippen LogP contribution in [0.3, 0.4) is 0 Å². The minimum absolute atomic E-state index is 0.0137. The minimum atomic E-state index is -0.172. The third kappa shape index (κ3) is 4.10. The van der Waals surface area contributed by atoms with Gasteiger partial charge >= 0.3 is 0 Å². The van der Waals surface area contributed by atoms with Crippen molar-refractivity contribution in [2.45, 2.75) is 39.3 Å². The second-order valence-corrected chi connectivity index (χ2v) is 5.58. The lowest BCUT2D eigenvalue weighted by atomic mass is 10.0. The number of rotatable bonds is 5. The van der Waals surface area contributed by atoms with Crippen LogP contribution >= 0.6 is 15.9 Å². The van der Waals surface area contributed by atoms with Crippen molar-refractivity contribution in [2.24, 2.45) is 11.7 Å². The standard InChI is InChI=1S/C14H21BrN2O/c1-4-13(11-5-7-12(15)8-6-11)17-14(18)9(2)10(3)16/h5-10,13H,4,16H2,1-3H3,(H,17,18). The Morgan fingerprint density at radius 2 is 1.89 bits per heavy atom. The van der Waals surface area contributed by atoms with Crippen molar-refractivity contribution < 1.29 is 4.79 Å². The Morgan fingerprint density at radius 1 is 1.33 bits per heavy atom. The Bertz CT molecular complexity index is 389. The molecule has 0 aromatic heterocycles. The summed E-state index contributed by atoms with van der Waals surface area (Å²) in [5, 5.41) is 3.05. The van der Waals surface area contributed by atoms with E-state index in [0.717, 1.165) is 16.5 Å². The van der Waals surface area contributed by atoms with Crippen LogP contribution < -0.4 is 11.1 Å². The predicted molar refractivity (Wildman–Crippen MR) is 78.1 cm³/mol. The summed E-state index contributed by atoms with van der Waals surface area (Å²) < 4.78 is 1.04. The van der Waals surface area contributed by atoms with E-state index in [4.69, 9.17) is 5.73 Å². The van der Waals surface area contributed by atoms with E-state index in [1.165, 1.54) is 0 Å². The summed E-state index contributed by atoms with van der Waals surface area (Å²) in [6.07, 6.45) is 0.860. The maximum absolute atomic E-state index is 12.0. The normalized spacial score (nSPS) is 15.8. The SMILES string of the molecule is CCC(NC(=O)C(C)C(C)N)c1ccc(Br)cc1. The molecule has 0 radical (unpaired) electrons. The highest BCUT2D eigenvalue weighted by Crippen LogP contribution is 2.20. The smallest absolute Gasteiger partial charge is 0.224 e. The van der Waals surface area contributed by atoms with E-state index in [2.05, 4.69) is 28.2 Å². The summed E-state index contributed by atoms with van der Waals surface area (Å²) >= 11 is 3.41. The first-order valence-corrected chi connectivity index (χ1v) is 7.06. The maximum atomic E-state index is 12.0. The van der Waals surface area contributed by atoms with Gasteiger partial charge < -0.3 is 11.1 Å². The molecule has 3 unspecified atom stereocenters. The quantitative estimate of drug-likeness (QED) is 0.878. The first kappa shape index (κ1) is 15.2. The van der Waals surface area contributed by atoms with E-state index in [1.807, 2.05) is 38.1 Å². The fourth-order valence-corrected chi connectivity index (χ4v) is 1.92. The van der Waals surface area contributed by atoms with E-state index in [1.54, 1.807) is 0 Å². The molecular formula is C14H21BrN2O. The van der Waals surface area contributed by atoms with Crippen LogP contribution in [-0.2, 0) is 4.79 Å². The van der Waals surface area contributed by atoms with Gasteiger partial charge in [-0.3, -0.25) is 4.79 Å². The molecule has 18 heavy (non-hydrogen) atoms. The highest BCUT2D eigenvalue weighted by atomic mass is 79.9. The number of hydrogen-bond donors (Lipinski definition) is 2. The molecule has 0 aliphatic carbocycles. The highest BCUT2D eigenvalue weighted by molar-refractivity contribution is 9.10. The number of nitrogens with one attached hydrogen (secondary N) is 1. The second kappa shape index (κ2) is 6.90. The molecule has 0 spiro atoms. The third-order valence-corrected chi connectivity index (χ3v) is 3.73. The Hall–Kier alpha value is -0.870. The molecule has 100 valence electrons. The zero-order valence-corrected chi connectivity index (χ0v) is 12.7. The number of hydrogen-bond acceptors (Lipinski definition) is 2. The molecule has 1 aromatic carbocycles. The average molecular weight is 313 g/mol. The molecular weight excluding hydrogens is 292 g/mol. The maximum Gasteiger partial charge on any atom is 0.224 e. The van der Waals surface area contributed by atoms with E-state index < -0.39 is 0 Å². The fourth-order valence-electron chi connectivity index (χ4n) is 1.66. The molecule has 1 aromatic rings. The third-order valence-electron chi connectivity index (χ3n) is 3.20. The number of carbonyl (C=O) groups excluding carboxylic acids is 1. The molecule has 0 aliphatic rings. The van der Waals surface area contributed by atoms with Gasteiger partial charge in [0.05, 0.1) is 6.04 Å². The topological polar surface area (TPSA) is 55.1 Å². The molecule has 0 aliphatic heterocycles. The number of halogens is 1. The van der Waals surface area contributed by atoms with Crippen molar-refractivity contribution in [1.29, 1.82) is 0 Å². The average Bonchev–Trinajstić information content (AvgIpc) is 2.35. The molecule has 0 bridgehead atoms. The summed E-state index contributed by atoms with van der Waals surface area (Å²) in [6, 6.07) is 7.93. The molecule has 3 N–H and O–H groups in total. The van der Waals surface area contributed by atoms with Crippen molar-refractivity contribution in [3.63, 3.8) is 0 Å². The Balaban J connectivity index is 2.73. The molecule has 1 amide bonds. The van der Waals surface area contributed by atoms with Gasteiger partial charge in [-0.25, -0.2) is 0 Å². The molecule has 0 saturated carbocycles. The Morgan fingerprint density at radius 3 is 2.33 bits per heavy atom. The van der Waals surface area contributed by atoms with Crippen molar-refractivity contribution in [1.82, 2.24) is 5.32 Å². The zero-order valence-electron chi connectivity index (χ0n) is 11.1. The molecule has 3 atom stereocenters. The van der Waals surface area contributed by atoms with E-state index in [0.29, 0.717) is 0 Å². The first-order valence-electron chi connectivity index (χ1n) is 6.27. The second-order valence-electron chi connectivity index (χ2n) is 4.67. The van der Waals surface area contributed by atoms with Gasteiger partial charge in [0, 0.05) is 16.4 Å². The van der Waals surface area contributed by atoms with Crippen LogP contribution in [0.4, 0.5) is 0 Å². The van der Waals surface area contributed by atoms with Crippen LogP contribution in [-0.4, -0.2) is 11.9 Å². The molecule has 0 heterocycles. The van der Waals surface area contributed by atoms with E-state index in [9.17, 15) is 4.79 Å². The lowest BCUT2D eigenvalue weighted by Gasteiger charge is -2.22. The summed E-state index contributed by atoms with van der Waals surface area (Å²) in [5.41, 5.74) is 6.86. The lowest BCUT2D eigenvalue weighted by molar-refractivity contribution is -0.125. The zero-order chi connectivity index (χ0) is 13.7. The number of amides is 1. The highest BCUT2D eigenvalue weighted by Gasteiger charge is 2.20. The number of carbonyl (C=O) groups is 1. The van der Waals surface area contributed by atoms with Gasteiger partial charge in [0.2, 0.25) is 5.91 Å². The molecule has 3 nitrogen and oxygen atoms in total. The van der Waals surface area contributed by atoms with Crippen LogP contribution in [0.5, 0.6) is 0 Å². The predicted octanol–water partition coefficient (Wildman–Crippen LogP) is 3.00. The van der Waals surface area contributed by atoms with Crippen LogP contribution in [0.25, 0.3) is 0 Å². The minimum Gasteiger partial charge on any atom is -0.349 e. The van der Waals surface area contributed by atoms with Gasteiger partial charge in [-0.2, -0.15) is 0 Å². The van der Waals surface area contributed by atoms with E-state index in [-0.39, 0.29) is 23.9 Å².